The first-order chi connectivity index (χ1) is 7.65. The van der Waals surface area contributed by atoms with Crippen LogP contribution in [0.25, 0.3) is 0 Å². The summed E-state index contributed by atoms with van der Waals surface area (Å²) in [5.74, 6) is -0.269. The van der Waals surface area contributed by atoms with Crippen molar-refractivity contribution >= 4 is 5.97 Å². The Morgan fingerprint density at radius 2 is 2.00 bits per heavy atom. The molecule has 0 aromatic carbocycles. The topological polar surface area (TPSA) is 56.8 Å². The van der Waals surface area contributed by atoms with Crippen LogP contribution in [0, 0.1) is 0 Å². The van der Waals surface area contributed by atoms with E-state index in [1.807, 2.05) is 13.8 Å². The molecular formula is C11H23NO4. The molecule has 0 saturated carbocycles. The molecule has 16 heavy (non-hydrogen) atoms. The van der Waals surface area contributed by atoms with Crippen molar-refractivity contribution in [1.82, 2.24) is 5.32 Å². The van der Waals surface area contributed by atoms with Gasteiger partial charge in [0.15, 0.2) is 0 Å². The van der Waals surface area contributed by atoms with Crippen molar-refractivity contribution < 1.29 is 19.0 Å². The third-order valence-electron chi connectivity index (χ3n) is 1.97. The smallest absolute Gasteiger partial charge is 0.325 e. The number of ether oxygens (including phenoxy) is 3. The fraction of sp³-hybridized carbons (Fsp3) is 0.909. The molecule has 5 heteroatoms. The first kappa shape index (κ1) is 15.3. The van der Waals surface area contributed by atoms with Crippen LogP contribution in [0.1, 0.15) is 20.8 Å². The molecule has 0 saturated heterocycles. The minimum Gasteiger partial charge on any atom is -0.465 e. The van der Waals surface area contributed by atoms with Gasteiger partial charge in [-0.05, 0) is 20.4 Å². The number of carbonyl (C=O) groups excluding carboxylic acids is 1. The maximum Gasteiger partial charge on any atom is 0.325 e. The normalized spacial score (nSPS) is 14.5. The predicted molar refractivity (Wildman–Crippen MR) is 61.4 cm³/mol. The average Bonchev–Trinajstić information content (AvgIpc) is 2.24. The Labute approximate surface area is 97.4 Å². The highest BCUT2D eigenvalue weighted by atomic mass is 16.5. The van der Waals surface area contributed by atoms with Crippen molar-refractivity contribution in [3.8, 4) is 0 Å². The average molecular weight is 233 g/mol. The second kappa shape index (κ2) is 9.57. The molecule has 0 aromatic heterocycles. The van der Waals surface area contributed by atoms with E-state index in [1.54, 1.807) is 14.0 Å². The van der Waals surface area contributed by atoms with Gasteiger partial charge in [-0.15, -0.1) is 0 Å². The van der Waals surface area contributed by atoms with E-state index in [0.29, 0.717) is 26.4 Å². The molecule has 0 bridgehead atoms. The quantitative estimate of drug-likeness (QED) is 0.590. The van der Waals surface area contributed by atoms with Gasteiger partial charge in [0.25, 0.3) is 0 Å². The number of hydrogen-bond donors (Lipinski definition) is 1. The molecule has 0 spiro atoms. The van der Waals surface area contributed by atoms with Crippen LogP contribution in [0.3, 0.4) is 0 Å². The summed E-state index contributed by atoms with van der Waals surface area (Å²) in [6.07, 6.45) is -0.0272. The fourth-order valence-electron chi connectivity index (χ4n) is 1.24. The van der Waals surface area contributed by atoms with Gasteiger partial charge in [-0.1, -0.05) is 6.92 Å². The van der Waals surface area contributed by atoms with Crippen LogP contribution in [-0.4, -0.2) is 51.6 Å². The van der Waals surface area contributed by atoms with Crippen LogP contribution in [0.15, 0.2) is 0 Å². The van der Waals surface area contributed by atoms with E-state index in [-0.39, 0.29) is 12.1 Å². The van der Waals surface area contributed by atoms with Crippen LogP contribution in [0.5, 0.6) is 0 Å². The minimum atomic E-state index is -0.399. The molecular weight excluding hydrogens is 210 g/mol. The fourth-order valence-corrected chi connectivity index (χ4v) is 1.24. The molecule has 0 rings (SSSR count). The molecule has 0 aliphatic rings. The van der Waals surface area contributed by atoms with Gasteiger partial charge in [0.05, 0.1) is 25.9 Å². The molecule has 0 aliphatic heterocycles. The second-order valence-corrected chi connectivity index (χ2v) is 3.46. The third-order valence-corrected chi connectivity index (χ3v) is 1.97. The molecule has 0 amide bonds. The standard InChI is InChI=1S/C11H23NO4/c1-5-12-10(11(13)15-6-2)8-16-9(3)7-14-4/h9-10,12H,5-8H2,1-4H3. The Morgan fingerprint density at radius 3 is 2.50 bits per heavy atom. The summed E-state index contributed by atoms with van der Waals surface area (Å²) in [6.45, 7) is 7.52. The van der Waals surface area contributed by atoms with Crippen molar-refractivity contribution in [2.75, 3.05) is 33.5 Å². The number of likely N-dealkylation sites (N-methyl/N-ethyl adjacent to an activating group) is 1. The van der Waals surface area contributed by atoms with E-state index < -0.39 is 6.04 Å². The zero-order valence-electron chi connectivity index (χ0n) is 10.6. The summed E-state index contributed by atoms with van der Waals surface area (Å²) >= 11 is 0. The van der Waals surface area contributed by atoms with Gasteiger partial charge in [-0.2, -0.15) is 0 Å². The predicted octanol–water partition coefficient (Wildman–Crippen LogP) is 0.579. The van der Waals surface area contributed by atoms with Gasteiger partial charge in [-0.3, -0.25) is 4.79 Å². The molecule has 5 nitrogen and oxygen atoms in total. The molecule has 96 valence electrons. The number of nitrogens with one attached hydrogen (secondary N) is 1. The summed E-state index contributed by atoms with van der Waals surface area (Å²) in [5.41, 5.74) is 0. The SMILES string of the molecule is CCNC(COC(C)COC)C(=O)OCC. The van der Waals surface area contributed by atoms with Crippen LogP contribution < -0.4 is 5.32 Å². The van der Waals surface area contributed by atoms with Crippen LogP contribution >= 0.6 is 0 Å². The van der Waals surface area contributed by atoms with Gasteiger partial charge >= 0.3 is 5.97 Å². The zero-order chi connectivity index (χ0) is 12.4. The lowest BCUT2D eigenvalue weighted by molar-refractivity contribution is -0.148. The van der Waals surface area contributed by atoms with Crippen molar-refractivity contribution in [3.05, 3.63) is 0 Å². The van der Waals surface area contributed by atoms with Gasteiger partial charge in [-0.25, -0.2) is 0 Å². The summed E-state index contributed by atoms with van der Waals surface area (Å²) in [7, 11) is 1.62. The monoisotopic (exact) mass is 233 g/mol. The molecule has 2 unspecified atom stereocenters. The lowest BCUT2D eigenvalue weighted by Crippen LogP contribution is -2.42. The van der Waals surface area contributed by atoms with Gasteiger partial charge in [0, 0.05) is 7.11 Å². The highest BCUT2D eigenvalue weighted by molar-refractivity contribution is 5.75. The first-order valence-corrected chi connectivity index (χ1v) is 5.66. The van der Waals surface area contributed by atoms with Crippen molar-refractivity contribution in [2.24, 2.45) is 0 Å². The number of esters is 1. The van der Waals surface area contributed by atoms with Crippen LogP contribution in [0.4, 0.5) is 0 Å². The summed E-state index contributed by atoms with van der Waals surface area (Å²) in [5, 5.41) is 3.02. The summed E-state index contributed by atoms with van der Waals surface area (Å²) < 4.78 is 15.4. The Bertz CT molecular complexity index is 187. The van der Waals surface area contributed by atoms with Crippen molar-refractivity contribution in [1.29, 1.82) is 0 Å². The second-order valence-electron chi connectivity index (χ2n) is 3.46. The zero-order valence-corrected chi connectivity index (χ0v) is 10.6. The van der Waals surface area contributed by atoms with Crippen LogP contribution in [0.2, 0.25) is 0 Å². The van der Waals surface area contributed by atoms with E-state index in [9.17, 15) is 4.79 Å². The summed E-state index contributed by atoms with van der Waals surface area (Å²) in [6, 6.07) is -0.399. The van der Waals surface area contributed by atoms with Gasteiger partial charge in [0.2, 0.25) is 0 Å². The minimum absolute atomic E-state index is 0.0272. The lowest BCUT2D eigenvalue weighted by Gasteiger charge is -2.19. The molecule has 0 fully saturated rings. The number of methoxy groups -OCH3 is 1. The number of carbonyl (C=O) groups is 1. The lowest BCUT2D eigenvalue weighted by atomic mass is 10.3. The van der Waals surface area contributed by atoms with E-state index >= 15 is 0 Å². The largest absolute Gasteiger partial charge is 0.465 e. The Morgan fingerprint density at radius 1 is 1.31 bits per heavy atom. The molecule has 2 atom stereocenters. The van der Waals surface area contributed by atoms with E-state index in [0.717, 1.165) is 0 Å². The maximum absolute atomic E-state index is 11.5. The van der Waals surface area contributed by atoms with E-state index in [4.69, 9.17) is 14.2 Å². The van der Waals surface area contributed by atoms with Crippen molar-refractivity contribution in [3.63, 3.8) is 0 Å². The molecule has 0 radical (unpaired) electrons. The van der Waals surface area contributed by atoms with Gasteiger partial charge < -0.3 is 19.5 Å². The Kier molecular flexibility index (Phi) is 9.18. The summed E-state index contributed by atoms with van der Waals surface area (Å²) in [4.78, 5) is 11.5. The number of rotatable bonds is 9. The Hall–Kier alpha value is -0.650. The van der Waals surface area contributed by atoms with Crippen molar-refractivity contribution in [2.45, 2.75) is 32.9 Å². The molecule has 0 heterocycles. The van der Waals surface area contributed by atoms with Gasteiger partial charge in [0.1, 0.15) is 6.04 Å². The maximum atomic E-state index is 11.5. The number of hydrogen-bond acceptors (Lipinski definition) is 5. The van der Waals surface area contributed by atoms with E-state index in [2.05, 4.69) is 5.32 Å². The molecule has 0 aromatic rings. The highest BCUT2D eigenvalue weighted by Gasteiger charge is 2.19. The highest BCUT2D eigenvalue weighted by Crippen LogP contribution is 1.96. The molecule has 1 N–H and O–H groups in total. The van der Waals surface area contributed by atoms with Crippen LogP contribution in [-0.2, 0) is 19.0 Å². The molecule has 0 aliphatic carbocycles. The third kappa shape index (κ3) is 6.76. The Balaban J connectivity index is 3.97. The van der Waals surface area contributed by atoms with E-state index in [1.165, 1.54) is 0 Å². The first-order valence-electron chi connectivity index (χ1n) is 5.66.